The van der Waals surface area contributed by atoms with Crippen LogP contribution in [-0.4, -0.2) is 143 Å². The summed E-state index contributed by atoms with van der Waals surface area (Å²) >= 11 is 0. The van der Waals surface area contributed by atoms with Crippen molar-refractivity contribution in [2.24, 2.45) is 0 Å². The highest BCUT2D eigenvalue weighted by atomic mass is 16.6. The number of hydrogen-bond acceptors (Lipinski definition) is 11. The number of esters is 2. The monoisotopic (exact) mass is 584 g/mol. The third-order valence-corrected chi connectivity index (χ3v) is 6.46. The number of carbonyl (C=O) groups is 5. The molecule has 0 spiro atoms. The van der Waals surface area contributed by atoms with E-state index >= 15 is 0 Å². The van der Waals surface area contributed by atoms with E-state index in [9.17, 15) is 29.1 Å². The number of aliphatic carboxylic acids is 1. The average molecular weight is 585 g/mol. The fourth-order valence-electron chi connectivity index (χ4n) is 4.63. The minimum absolute atomic E-state index is 0.00207. The van der Waals surface area contributed by atoms with E-state index < -0.39 is 23.2 Å². The Labute approximate surface area is 245 Å². The van der Waals surface area contributed by atoms with E-state index in [1.54, 1.807) is 46.4 Å². The summed E-state index contributed by atoms with van der Waals surface area (Å²) in [5.41, 5.74) is -1.29. The molecule has 0 bridgehead atoms. The highest BCUT2D eigenvalue weighted by Crippen LogP contribution is 2.13. The largest absolute Gasteiger partial charge is 0.480 e. The Morgan fingerprint density at radius 3 is 1.34 bits per heavy atom. The molecule has 0 aromatic rings. The van der Waals surface area contributed by atoms with Gasteiger partial charge in [0.05, 0.1) is 25.7 Å². The number of nitrogens with zero attached hydrogens (tertiary/aromatic N) is 4. The van der Waals surface area contributed by atoms with Gasteiger partial charge in [0.2, 0.25) is 0 Å². The summed E-state index contributed by atoms with van der Waals surface area (Å²) < 4.78 is 11.0. The molecule has 1 heterocycles. The van der Waals surface area contributed by atoms with Crippen molar-refractivity contribution in [3.63, 3.8) is 0 Å². The van der Waals surface area contributed by atoms with E-state index in [1.165, 1.54) is 13.8 Å². The molecule has 0 aromatic heterocycles. The first-order chi connectivity index (χ1) is 18.8. The van der Waals surface area contributed by atoms with E-state index in [2.05, 4.69) is 0 Å². The van der Waals surface area contributed by atoms with Gasteiger partial charge >= 0.3 is 17.9 Å². The Morgan fingerprint density at radius 2 is 1.02 bits per heavy atom. The molecular formula is C29H52N4O8. The summed E-state index contributed by atoms with van der Waals surface area (Å²) in [6.07, 6.45) is 0.656. The first kappa shape index (κ1) is 36.6. The zero-order valence-corrected chi connectivity index (χ0v) is 26.4. The van der Waals surface area contributed by atoms with Crippen LogP contribution in [0.1, 0.15) is 68.2 Å². The van der Waals surface area contributed by atoms with Crippen molar-refractivity contribution in [1.29, 1.82) is 0 Å². The fraction of sp³-hybridized carbons (Fsp3) is 0.828. The van der Waals surface area contributed by atoms with Crippen LogP contribution in [0.15, 0.2) is 0 Å². The molecule has 0 saturated carbocycles. The number of ether oxygens (including phenoxy) is 2. The number of ketones is 2. The molecule has 1 fully saturated rings. The lowest BCUT2D eigenvalue weighted by Gasteiger charge is -2.36. The van der Waals surface area contributed by atoms with Crippen molar-refractivity contribution in [3.8, 4) is 0 Å². The minimum atomic E-state index is -0.963. The average Bonchev–Trinajstić information content (AvgIpc) is 2.77. The van der Waals surface area contributed by atoms with Crippen LogP contribution in [0.3, 0.4) is 0 Å². The third kappa shape index (κ3) is 17.2. The van der Waals surface area contributed by atoms with E-state index in [1.807, 2.05) is 14.7 Å². The predicted molar refractivity (Wildman–Crippen MR) is 155 cm³/mol. The maximum Gasteiger partial charge on any atom is 0.320 e. The topological polar surface area (TPSA) is 137 Å². The van der Waals surface area contributed by atoms with Gasteiger partial charge in [0.15, 0.2) is 0 Å². The lowest BCUT2D eigenvalue weighted by atomic mass is 10.0. The highest BCUT2D eigenvalue weighted by Gasteiger charge is 2.28. The second kappa shape index (κ2) is 16.9. The van der Waals surface area contributed by atoms with Gasteiger partial charge in [-0.1, -0.05) is 0 Å². The Hall–Kier alpha value is -2.41. The van der Waals surface area contributed by atoms with E-state index in [0.29, 0.717) is 58.8 Å². The molecule has 0 aromatic carbocycles. The predicted octanol–water partition coefficient (Wildman–Crippen LogP) is 1.30. The lowest BCUT2D eigenvalue weighted by molar-refractivity contribution is -0.157. The van der Waals surface area contributed by atoms with Crippen molar-refractivity contribution < 1.29 is 38.6 Å². The summed E-state index contributed by atoms with van der Waals surface area (Å²) in [4.78, 5) is 69.0. The number of carbonyl (C=O) groups excluding carboxylic acids is 4. The normalized spacial score (nSPS) is 18.5. The molecule has 1 rings (SSSR count). The molecule has 236 valence electrons. The van der Waals surface area contributed by atoms with E-state index in [0.717, 1.165) is 0 Å². The zero-order valence-electron chi connectivity index (χ0n) is 26.4. The van der Waals surface area contributed by atoms with E-state index in [-0.39, 0.29) is 49.6 Å². The summed E-state index contributed by atoms with van der Waals surface area (Å²) in [6.45, 7) is 17.0. The fourth-order valence-corrected chi connectivity index (χ4v) is 4.63. The second-order valence-corrected chi connectivity index (χ2v) is 12.8. The molecular weight excluding hydrogens is 532 g/mol. The molecule has 12 nitrogen and oxygen atoms in total. The van der Waals surface area contributed by atoms with E-state index in [4.69, 9.17) is 9.47 Å². The maximum atomic E-state index is 12.7. The van der Waals surface area contributed by atoms with Crippen LogP contribution < -0.4 is 0 Å². The number of rotatable bonds is 11. The van der Waals surface area contributed by atoms with Crippen molar-refractivity contribution in [1.82, 2.24) is 19.6 Å². The Kier molecular flexibility index (Phi) is 15.1. The Morgan fingerprint density at radius 1 is 0.659 bits per heavy atom. The van der Waals surface area contributed by atoms with Crippen molar-refractivity contribution in [3.05, 3.63) is 0 Å². The quantitative estimate of drug-likeness (QED) is 0.351. The van der Waals surface area contributed by atoms with Gasteiger partial charge < -0.3 is 19.4 Å². The molecule has 1 saturated heterocycles. The van der Waals surface area contributed by atoms with Crippen LogP contribution in [-0.2, 0) is 33.4 Å². The number of carboxylic acids is 1. The number of carboxylic acid groups (broad SMARTS) is 1. The summed E-state index contributed by atoms with van der Waals surface area (Å²) in [7, 11) is 0. The maximum absolute atomic E-state index is 12.7. The zero-order chi connectivity index (χ0) is 31.4. The van der Waals surface area contributed by atoms with Crippen LogP contribution in [0.5, 0.6) is 0 Å². The van der Waals surface area contributed by atoms with Crippen molar-refractivity contribution in [2.75, 3.05) is 72.0 Å². The van der Waals surface area contributed by atoms with Gasteiger partial charge in [-0.3, -0.25) is 38.8 Å². The van der Waals surface area contributed by atoms with Crippen molar-refractivity contribution in [2.45, 2.75) is 85.5 Å². The second-order valence-electron chi connectivity index (χ2n) is 12.8. The van der Waals surface area contributed by atoms with Gasteiger partial charge in [-0.15, -0.1) is 0 Å². The molecule has 0 aliphatic carbocycles. The summed E-state index contributed by atoms with van der Waals surface area (Å²) in [5, 5.41) is 9.49. The molecule has 1 unspecified atom stereocenters. The third-order valence-electron chi connectivity index (χ3n) is 6.46. The minimum Gasteiger partial charge on any atom is -0.480 e. The first-order valence-corrected chi connectivity index (χ1v) is 14.4. The molecule has 12 heteroatoms. The smallest absolute Gasteiger partial charge is 0.320 e. The van der Waals surface area contributed by atoms with Gasteiger partial charge in [-0.25, -0.2) is 0 Å². The molecule has 1 atom stereocenters. The van der Waals surface area contributed by atoms with Gasteiger partial charge in [-0.2, -0.15) is 0 Å². The molecule has 1 aliphatic heterocycles. The number of hydrogen-bond donors (Lipinski definition) is 1. The van der Waals surface area contributed by atoms with Crippen LogP contribution >= 0.6 is 0 Å². The van der Waals surface area contributed by atoms with Crippen LogP contribution in [0.4, 0.5) is 0 Å². The summed E-state index contributed by atoms with van der Waals surface area (Å²) in [6, 6.07) is -0.489. The van der Waals surface area contributed by atoms with Gasteiger partial charge in [0, 0.05) is 58.8 Å². The summed E-state index contributed by atoms with van der Waals surface area (Å²) in [5.74, 6) is -1.78. The first-order valence-electron chi connectivity index (χ1n) is 14.4. The molecule has 0 amide bonds. The Balaban J connectivity index is 3.26. The molecule has 1 N–H and O–H groups in total. The number of Topliss-reactive ketones (excluding diaryl/α,β-unsaturated/α-hetero) is 2. The molecule has 1 aliphatic rings. The molecule has 41 heavy (non-hydrogen) atoms. The van der Waals surface area contributed by atoms with Gasteiger partial charge in [-0.05, 0) is 61.8 Å². The van der Waals surface area contributed by atoms with Crippen molar-refractivity contribution >= 4 is 29.5 Å². The molecule has 0 radical (unpaired) electrons. The van der Waals surface area contributed by atoms with Gasteiger partial charge in [0.1, 0.15) is 22.8 Å². The highest BCUT2D eigenvalue weighted by molar-refractivity contribution is 5.83. The Bertz CT molecular complexity index is 850. The van der Waals surface area contributed by atoms with Crippen LogP contribution in [0.2, 0.25) is 0 Å². The van der Waals surface area contributed by atoms with Crippen LogP contribution in [0.25, 0.3) is 0 Å². The van der Waals surface area contributed by atoms with Crippen LogP contribution in [0, 0.1) is 0 Å². The SMILES string of the molecule is CC(=O)CCC(C(C)=O)N1CCN(CC(=O)OC(C)(C)C)CCN(CC(=O)O)CCN(CC(=O)OC(C)(C)C)CC1. The lowest BCUT2D eigenvalue weighted by Crippen LogP contribution is -2.52. The standard InChI is InChI=1S/C29H52N4O8/c1-22(34)9-10-24(23(2)35)33-17-15-31(20-26(38)40-28(3,4)5)13-11-30(19-25(36)37)12-14-32(16-18-33)21-27(39)41-29(6,7)8/h24H,9-21H2,1-8H3,(H,36,37). The van der Waals surface area contributed by atoms with Gasteiger partial charge in [0.25, 0.3) is 0 Å².